The standard InChI is InChI=1S/C20H28F3N3O2.C9H12.C7H16.C4H10/c1-13(14-4-2-5-14)12-25-16-7-3-6-15(16)17(24)18(27)26-10-8-19(28,9-11-26)20(21,22)23;1-7-5-4-6-8(2)9(7)3;1-4-5-6-7(2)3;1-3-4-2/h28H,2-12,24H2,1H3;4-6H,1-3H3;7H,4-6H2,1-3H3;3-4H2,1-2H3/b17-15-,25-16?;;;. The zero-order chi connectivity index (χ0) is 36.5. The summed E-state index contributed by atoms with van der Waals surface area (Å²) in [5, 5.41) is 9.76. The first kappa shape index (κ1) is 43.4. The fourth-order valence-electron chi connectivity index (χ4n) is 5.47. The number of nitrogens with zero attached hydrogens (tertiary/aromatic N) is 2. The molecule has 2 saturated carbocycles. The first-order valence-corrected chi connectivity index (χ1v) is 18.3. The van der Waals surface area contributed by atoms with Gasteiger partial charge in [-0.2, -0.15) is 13.2 Å². The van der Waals surface area contributed by atoms with Crippen molar-refractivity contribution in [3.05, 3.63) is 57.3 Å². The molecule has 0 radical (unpaired) electrons. The predicted octanol–water partition coefficient (Wildman–Crippen LogP) is 10.5. The number of halogens is 3. The third-order valence-electron chi connectivity index (χ3n) is 9.73. The van der Waals surface area contributed by atoms with Gasteiger partial charge in [0.1, 0.15) is 5.70 Å². The van der Waals surface area contributed by atoms with E-state index in [2.05, 4.69) is 85.5 Å². The van der Waals surface area contributed by atoms with Crippen molar-refractivity contribution in [1.82, 2.24) is 4.90 Å². The largest absolute Gasteiger partial charge is 0.417 e. The molecule has 1 amide bonds. The monoisotopic (exact) mass is 678 g/mol. The molecule has 0 bridgehead atoms. The maximum Gasteiger partial charge on any atom is 0.417 e. The molecular weight excluding hydrogens is 611 g/mol. The number of benzene rings is 1. The summed E-state index contributed by atoms with van der Waals surface area (Å²) in [6.45, 7) is 19.9. The minimum atomic E-state index is -4.69. The lowest BCUT2D eigenvalue weighted by atomic mass is 9.88. The molecule has 3 N–H and O–H groups in total. The summed E-state index contributed by atoms with van der Waals surface area (Å²) in [5.41, 5.74) is 12.0. The molecule has 0 aromatic heterocycles. The molecule has 8 heteroatoms. The Balaban J connectivity index is 0.000000467. The van der Waals surface area contributed by atoms with Crippen molar-refractivity contribution in [3.63, 3.8) is 0 Å². The van der Waals surface area contributed by atoms with Gasteiger partial charge in [0.15, 0.2) is 5.60 Å². The Morgan fingerprint density at radius 3 is 1.90 bits per heavy atom. The first-order valence-electron chi connectivity index (χ1n) is 18.3. The number of unbranched alkanes of at least 4 members (excludes halogenated alkanes) is 2. The third kappa shape index (κ3) is 14.1. The van der Waals surface area contributed by atoms with Crippen LogP contribution in [0.25, 0.3) is 0 Å². The van der Waals surface area contributed by atoms with Gasteiger partial charge in [-0.25, -0.2) is 0 Å². The van der Waals surface area contributed by atoms with E-state index in [9.17, 15) is 23.1 Å². The summed E-state index contributed by atoms with van der Waals surface area (Å²) in [4.78, 5) is 18.7. The lowest BCUT2D eigenvalue weighted by molar-refractivity contribution is -0.271. The Kier molecular flexibility index (Phi) is 19.4. The number of alkyl halides is 3. The van der Waals surface area contributed by atoms with Gasteiger partial charge in [0.05, 0.1) is 6.54 Å². The highest BCUT2D eigenvalue weighted by Gasteiger charge is 2.55. The maximum absolute atomic E-state index is 12.9. The lowest BCUT2D eigenvalue weighted by Gasteiger charge is -2.39. The number of carbonyl (C=O) groups is 1. The summed E-state index contributed by atoms with van der Waals surface area (Å²) in [6.07, 6.45) is 6.83. The number of aliphatic imine (C=N–C) groups is 1. The highest BCUT2D eigenvalue weighted by molar-refractivity contribution is 6.09. The molecule has 0 spiro atoms. The highest BCUT2D eigenvalue weighted by atomic mass is 19.4. The van der Waals surface area contributed by atoms with E-state index < -0.39 is 30.5 Å². The number of amides is 1. The molecule has 1 aromatic carbocycles. The van der Waals surface area contributed by atoms with Gasteiger partial charge >= 0.3 is 6.18 Å². The Hall–Kier alpha value is -2.61. The smallest absolute Gasteiger partial charge is 0.394 e. The number of nitrogens with two attached hydrogens (primary N) is 1. The summed E-state index contributed by atoms with van der Waals surface area (Å²) in [7, 11) is 0. The second-order valence-corrected chi connectivity index (χ2v) is 14.1. The SMILES string of the molecule is CC(CN=C1CCC/C1=C(/N)C(=O)N1CCC(O)(C(F)(F)F)CC1)=C1CCC1.CCCC.CCCCC(C)C.Cc1cccc(C)c1C. The van der Waals surface area contributed by atoms with Crippen molar-refractivity contribution in [2.45, 2.75) is 158 Å². The number of aryl methyl sites for hydroxylation is 2. The summed E-state index contributed by atoms with van der Waals surface area (Å²) >= 11 is 0. The van der Waals surface area contributed by atoms with Crippen LogP contribution in [0.2, 0.25) is 0 Å². The van der Waals surface area contributed by atoms with Crippen LogP contribution in [-0.2, 0) is 4.79 Å². The number of carbonyl (C=O) groups excluding carboxylic acids is 1. The molecule has 1 heterocycles. The molecule has 0 atom stereocenters. The van der Waals surface area contributed by atoms with E-state index in [0.717, 1.165) is 42.9 Å². The van der Waals surface area contributed by atoms with E-state index in [1.165, 1.54) is 71.3 Å². The number of hydrogen-bond donors (Lipinski definition) is 2. The normalized spacial score (nSPS) is 18.9. The van der Waals surface area contributed by atoms with Crippen LogP contribution in [0.15, 0.2) is 45.6 Å². The molecule has 48 heavy (non-hydrogen) atoms. The highest BCUT2D eigenvalue weighted by Crippen LogP contribution is 2.38. The van der Waals surface area contributed by atoms with Crippen LogP contribution in [0.3, 0.4) is 0 Å². The van der Waals surface area contributed by atoms with Gasteiger partial charge in [0.2, 0.25) is 0 Å². The van der Waals surface area contributed by atoms with Crippen LogP contribution in [0.1, 0.15) is 142 Å². The number of likely N-dealkylation sites (tertiary alicyclic amines) is 1. The molecule has 1 aliphatic heterocycles. The lowest BCUT2D eigenvalue weighted by Crippen LogP contribution is -2.54. The molecule has 0 unspecified atom stereocenters. The van der Waals surface area contributed by atoms with E-state index in [1.807, 2.05) is 0 Å². The van der Waals surface area contributed by atoms with Gasteiger partial charge in [0, 0.05) is 37.2 Å². The van der Waals surface area contributed by atoms with Crippen LogP contribution < -0.4 is 5.73 Å². The van der Waals surface area contributed by atoms with Gasteiger partial charge in [0.25, 0.3) is 5.91 Å². The van der Waals surface area contributed by atoms with Crippen LogP contribution in [0.4, 0.5) is 13.2 Å². The number of piperidine rings is 1. The summed E-state index contributed by atoms with van der Waals surface area (Å²) in [5.74, 6) is 0.447. The topological polar surface area (TPSA) is 78.9 Å². The number of rotatable bonds is 7. The third-order valence-corrected chi connectivity index (χ3v) is 9.73. The van der Waals surface area contributed by atoms with Crippen molar-refractivity contribution in [2.75, 3.05) is 19.6 Å². The van der Waals surface area contributed by atoms with Crippen molar-refractivity contribution in [1.29, 1.82) is 0 Å². The molecule has 1 saturated heterocycles. The maximum atomic E-state index is 12.9. The van der Waals surface area contributed by atoms with E-state index in [4.69, 9.17) is 5.73 Å². The van der Waals surface area contributed by atoms with Gasteiger partial charge in [-0.3, -0.25) is 9.79 Å². The minimum Gasteiger partial charge on any atom is -0.394 e. The average Bonchev–Trinajstić information content (AvgIpc) is 3.49. The second-order valence-electron chi connectivity index (χ2n) is 14.1. The van der Waals surface area contributed by atoms with Crippen molar-refractivity contribution in [2.24, 2.45) is 16.6 Å². The van der Waals surface area contributed by atoms with E-state index >= 15 is 0 Å². The van der Waals surface area contributed by atoms with Crippen LogP contribution >= 0.6 is 0 Å². The van der Waals surface area contributed by atoms with E-state index in [1.54, 1.807) is 0 Å². The first-order chi connectivity index (χ1) is 22.5. The molecule has 2 aliphatic carbocycles. The van der Waals surface area contributed by atoms with Crippen LogP contribution in [0.5, 0.6) is 0 Å². The fraction of sp³-hybridized carbons (Fsp3) is 0.700. The van der Waals surface area contributed by atoms with Crippen LogP contribution in [-0.4, -0.2) is 53.0 Å². The molecular formula is C40H66F3N3O2. The molecule has 4 rings (SSSR count). The Morgan fingerprint density at radius 1 is 0.958 bits per heavy atom. The van der Waals surface area contributed by atoms with Crippen molar-refractivity contribution in [3.8, 4) is 0 Å². The average molecular weight is 678 g/mol. The number of aliphatic hydroxyl groups is 1. The molecule has 3 aliphatic rings. The number of hydrogen-bond acceptors (Lipinski definition) is 4. The van der Waals surface area contributed by atoms with Gasteiger partial charge in [-0.15, -0.1) is 0 Å². The molecule has 274 valence electrons. The zero-order valence-corrected chi connectivity index (χ0v) is 31.6. The van der Waals surface area contributed by atoms with Crippen LogP contribution in [0, 0.1) is 26.7 Å². The van der Waals surface area contributed by atoms with Gasteiger partial charge in [-0.1, -0.05) is 96.1 Å². The second kappa shape index (κ2) is 21.5. The van der Waals surface area contributed by atoms with Gasteiger partial charge < -0.3 is 15.7 Å². The van der Waals surface area contributed by atoms with Crippen molar-refractivity contribution >= 4 is 11.6 Å². The molecule has 3 fully saturated rings. The Morgan fingerprint density at radius 2 is 1.50 bits per heavy atom. The molecule has 1 aromatic rings. The Bertz CT molecular complexity index is 1190. The summed E-state index contributed by atoms with van der Waals surface area (Å²) in [6, 6.07) is 6.38. The van der Waals surface area contributed by atoms with Gasteiger partial charge in [-0.05, 0) is 88.8 Å². The van der Waals surface area contributed by atoms with E-state index in [-0.39, 0.29) is 18.8 Å². The zero-order valence-electron chi connectivity index (χ0n) is 31.6. The summed E-state index contributed by atoms with van der Waals surface area (Å²) < 4.78 is 38.8. The van der Waals surface area contributed by atoms with E-state index in [0.29, 0.717) is 13.0 Å². The predicted molar refractivity (Wildman–Crippen MR) is 196 cm³/mol. The number of allylic oxidation sites excluding steroid dienone is 2. The Labute approximate surface area is 290 Å². The fourth-order valence-corrected chi connectivity index (χ4v) is 5.47. The minimum absolute atomic E-state index is 0.0858. The quantitative estimate of drug-likeness (QED) is 0.223. The molecule has 5 nitrogen and oxygen atoms in total. The van der Waals surface area contributed by atoms with Crippen molar-refractivity contribution < 1.29 is 23.1 Å².